The number of benzene rings is 3. The highest BCUT2D eigenvalue weighted by molar-refractivity contribution is 6.16. The third kappa shape index (κ3) is 28.8. The third-order valence-electron chi connectivity index (χ3n) is 12.9. The Morgan fingerprint density at radius 3 is 0.853 bits per heavy atom. The van der Waals surface area contributed by atoms with Crippen LogP contribution in [0.5, 0.6) is 0 Å². The summed E-state index contributed by atoms with van der Waals surface area (Å²) in [6, 6.07) is 26.5. The highest BCUT2D eigenvalue weighted by Gasteiger charge is 2.14. The second-order valence-corrected chi connectivity index (χ2v) is 19.0. The number of nitriles is 3. The number of unbranched alkanes of at least 4 members (excludes halogenated alkanes) is 21. The molecule has 0 aromatic heterocycles. The zero-order valence-electron chi connectivity index (χ0n) is 44.8. The molecule has 3 rings (SSSR count). The van der Waals surface area contributed by atoms with Crippen molar-refractivity contribution in [2.24, 2.45) is 0 Å². The van der Waals surface area contributed by atoms with Crippen LogP contribution in [-0.2, 0) is 42.8 Å². The molecule has 0 atom stereocenters. The summed E-state index contributed by atoms with van der Waals surface area (Å²) < 4.78 is 34.8. The van der Waals surface area contributed by atoms with E-state index in [1.807, 2.05) is 0 Å². The van der Waals surface area contributed by atoms with Gasteiger partial charge in [-0.3, -0.25) is 0 Å². The quantitative estimate of drug-likeness (QED) is 0.0172. The molecule has 3 aromatic rings. The average Bonchev–Trinajstić information content (AvgIpc) is 3.44. The Morgan fingerprint density at radius 1 is 0.347 bits per heavy atom. The normalized spacial score (nSPS) is 10.8. The van der Waals surface area contributed by atoms with Crippen molar-refractivity contribution in [1.82, 2.24) is 0 Å². The molecule has 0 saturated heterocycles. The van der Waals surface area contributed by atoms with E-state index in [9.17, 15) is 14.4 Å². The van der Waals surface area contributed by atoms with Crippen LogP contribution in [0.2, 0.25) is 0 Å². The van der Waals surface area contributed by atoms with Crippen molar-refractivity contribution in [3.05, 3.63) is 126 Å². The first kappa shape index (κ1) is 62.9. The number of nitrogens with zero attached hydrogens (tertiary/aromatic N) is 3. The van der Waals surface area contributed by atoms with E-state index in [-0.39, 0.29) is 6.29 Å². The number of carbonyl (C=O) groups excluding carboxylic acids is 3. The van der Waals surface area contributed by atoms with Gasteiger partial charge in [-0.25, -0.2) is 14.4 Å². The van der Waals surface area contributed by atoms with Gasteiger partial charge in [-0.1, -0.05) is 172 Å². The van der Waals surface area contributed by atoms with Crippen molar-refractivity contribution >= 4 is 34.6 Å². The number of ether oxygens (including phenoxy) is 6. The van der Waals surface area contributed by atoms with Crippen LogP contribution in [0.4, 0.5) is 0 Å². The zero-order valence-corrected chi connectivity index (χ0v) is 44.8. The van der Waals surface area contributed by atoms with Crippen molar-refractivity contribution in [3.8, 4) is 18.2 Å². The second kappa shape index (κ2) is 41.0. The van der Waals surface area contributed by atoms with Crippen molar-refractivity contribution in [2.75, 3.05) is 46.2 Å². The summed E-state index contributed by atoms with van der Waals surface area (Å²) in [5, 5.41) is 26.9. The van der Waals surface area contributed by atoms with E-state index in [2.05, 4.69) is 37.9 Å². The second-order valence-electron chi connectivity index (χ2n) is 19.0. The van der Waals surface area contributed by atoms with Gasteiger partial charge in [0.1, 0.15) is 0 Å². The van der Waals surface area contributed by atoms with Gasteiger partial charge >= 0.3 is 17.9 Å². The summed E-state index contributed by atoms with van der Waals surface area (Å²) in [6.07, 6.45) is 26.0. The first-order valence-electron chi connectivity index (χ1n) is 27.6. The summed E-state index contributed by atoms with van der Waals surface area (Å²) in [5.41, 5.74) is 4.50. The predicted molar refractivity (Wildman–Crippen MR) is 295 cm³/mol. The summed E-state index contributed by atoms with van der Waals surface area (Å²) in [7, 11) is 0. The molecule has 0 amide bonds. The van der Waals surface area contributed by atoms with E-state index in [4.69, 9.17) is 44.2 Å². The number of carbonyl (C=O) groups is 3. The molecule has 0 aliphatic heterocycles. The lowest BCUT2D eigenvalue weighted by atomic mass is 10.1. The standard InChI is InChI=1S/C63H83N3O9/c1-51(57-34-28-54(48-64)29-35-57)61(67)73-44-25-19-13-5-4-10-16-22-41-70-47-40-60(71-42-23-17-11-6-8-14-20-26-45-74-62(68)52(2)58-36-30-55(49-65)31-37-58)72-43-24-18-12-7-9-15-21-27-46-75-63(69)53(3)59-38-32-56(50-66)33-39-59/h28-39,60H,1-27,40-47H2. The van der Waals surface area contributed by atoms with Gasteiger partial charge in [0.05, 0.1) is 78.0 Å². The number of esters is 3. The largest absolute Gasteiger partial charge is 0.462 e. The fourth-order valence-electron chi connectivity index (χ4n) is 8.17. The maximum absolute atomic E-state index is 12.4. The Bertz CT molecular complexity index is 2150. The van der Waals surface area contributed by atoms with Gasteiger partial charge in [-0.15, -0.1) is 0 Å². The maximum atomic E-state index is 12.4. The smallest absolute Gasteiger partial charge is 0.338 e. The van der Waals surface area contributed by atoms with Gasteiger partial charge in [0, 0.05) is 26.2 Å². The van der Waals surface area contributed by atoms with Gasteiger partial charge in [-0.2, -0.15) is 15.8 Å². The van der Waals surface area contributed by atoms with Crippen LogP contribution in [-0.4, -0.2) is 70.4 Å². The molecule has 0 aliphatic rings. The molecule has 0 radical (unpaired) electrons. The van der Waals surface area contributed by atoms with Crippen LogP contribution in [0, 0.1) is 34.0 Å². The lowest BCUT2D eigenvalue weighted by molar-refractivity contribution is -0.154. The first-order chi connectivity index (χ1) is 36.7. The molecule has 0 bridgehead atoms. The molecule has 0 N–H and O–H groups in total. The maximum Gasteiger partial charge on any atom is 0.338 e. The molecular formula is C63H83N3O9. The Kier molecular flexibility index (Phi) is 34.4. The van der Waals surface area contributed by atoms with Crippen molar-refractivity contribution in [1.29, 1.82) is 15.8 Å². The fourth-order valence-corrected chi connectivity index (χ4v) is 8.17. The minimum atomic E-state index is -0.420. The third-order valence-corrected chi connectivity index (χ3v) is 12.9. The summed E-state index contributed by atoms with van der Waals surface area (Å²) in [4.78, 5) is 37.1. The van der Waals surface area contributed by atoms with Crippen LogP contribution >= 0.6 is 0 Å². The topological polar surface area (TPSA) is 178 Å². The van der Waals surface area contributed by atoms with E-state index in [1.165, 1.54) is 12.8 Å². The van der Waals surface area contributed by atoms with Crippen LogP contribution < -0.4 is 0 Å². The molecule has 404 valence electrons. The Balaban J connectivity index is 1.20. The van der Waals surface area contributed by atoms with Gasteiger partial charge in [0.2, 0.25) is 0 Å². The lowest BCUT2D eigenvalue weighted by Gasteiger charge is -2.19. The monoisotopic (exact) mass is 1030 g/mol. The Labute approximate surface area is 448 Å². The fraction of sp³-hybridized carbons (Fsp3) is 0.524. The molecule has 3 aromatic carbocycles. The predicted octanol–water partition coefficient (Wildman–Crippen LogP) is 14.5. The van der Waals surface area contributed by atoms with E-state index >= 15 is 0 Å². The lowest BCUT2D eigenvalue weighted by Crippen LogP contribution is -2.21. The van der Waals surface area contributed by atoms with Crippen LogP contribution in [0.1, 0.15) is 194 Å². The minimum absolute atomic E-state index is 0.277. The average molecular weight is 1030 g/mol. The minimum Gasteiger partial charge on any atom is -0.462 e. The molecule has 0 aliphatic carbocycles. The van der Waals surface area contributed by atoms with Crippen molar-refractivity contribution in [2.45, 2.75) is 167 Å². The first-order valence-corrected chi connectivity index (χ1v) is 27.6. The van der Waals surface area contributed by atoms with Crippen LogP contribution in [0.15, 0.2) is 92.5 Å². The summed E-state index contributed by atoms with van der Waals surface area (Å²) in [6.45, 7) is 15.3. The number of rotatable bonds is 44. The van der Waals surface area contributed by atoms with E-state index in [0.29, 0.717) is 96.2 Å². The SMILES string of the molecule is C=C(C(=O)OCCCCCCCCCCOCCC(OCCCCCCCCCCOC(=O)C(=C)c1ccc(C#N)cc1)OCCCCCCCCCCOC(=O)C(=C)c1ccc(C#N)cc1)c1ccc(C#N)cc1. The van der Waals surface area contributed by atoms with Crippen LogP contribution in [0.3, 0.4) is 0 Å². The van der Waals surface area contributed by atoms with Gasteiger partial charge in [0.15, 0.2) is 6.29 Å². The summed E-state index contributed by atoms with van der Waals surface area (Å²) >= 11 is 0. The van der Waals surface area contributed by atoms with Gasteiger partial charge in [0.25, 0.3) is 0 Å². The van der Waals surface area contributed by atoms with E-state index in [1.54, 1.807) is 72.8 Å². The molecule has 0 spiro atoms. The molecule has 0 heterocycles. The highest BCUT2D eigenvalue weighted by Crippen LogP contribution is 2.20. The Hall–Kier alpha value is -6.36. The van der Waals surface area contributed by atoms with E-state index in [0.717, 1.165) is 148 Å². The number of hydrogen-bond donors (Lipinski definition) is 0. The number of hydrogen-bond acceptors (Lipinski definition) is 12. The van der Waals surface area contributed by atoms with Crippen molar-refractivity contribution < 1.29 is 42.8 Å². The van der Waals surface area contributed by atoms with E-state index < -0.39 is 17.9 Å². The summed E-state index contributed by atoms with van der Waals surface area (Å²) in [5.74, 6) is -1.26. The molecular weight excluding hydrogens is 943 g/mol. The van der Waals surface area contributed by atoms with Gasteiger partial charge < -0.3 is 28.4 Å². The van der Waals surface area contributed by atoms with Crippen molar-refractivity contribution in [3.63, 3.8) is 0 Å². The van der Waals surface area contributed by atoms with Gasteiger partial charge in [-0.05, 0) is 91.6 Å². The highest BCUT2D eigenvalue weighted by atomic mass is 16.7. The Morgan fingerprint density at radius 2 is 0.587 bits per heavy atom. The molecule has 12 nitrogen and oxygen atoms in total. The molecule has 0 unspecified atom stereocenters. The zero-order chi connectivity index (χ0) is 54.0. The van der Waals surface area contributed by atoms with Crippen LogP contribution in [0.25, 0.3) is 16.7 Å². The molecule has 0 fully saturated rings. The molecule has 12 heteroatoms. The molecule has 75 heavy (non-hydrogen) atoms. The molecule has 0 saturated carbocycles.